The molecule has 3 N–H and O–H groups in total. The minimum Gasteiger partial charge on any atom is -0.462 e. The molecule has 0 fully saturated rings. The van der Waals surface area contributed by atoms with Crippen molar-refractivity contribution in [1.29, 1.82) is 0 Å². The van der Waals surface area contributed by atoms with Crippen molar-refractivity contribution in [1.82, 2.24) is 0 Å². The number of carbonyl (C=O) groups excluding carboxylic acids is 2. The van der Waals surface area contributed by atoms with Crippen molar-refractivity contribution in [3.63, 3.8) is 0 Å². The number of phosphoric ester groups is 1. The number of allylic oxidation sites excluding steroid dienone is 8. The Morgan fingerprint density at radius 3 is 1.36 bits per heavy atom. The Balaban J connectivity index is 4.30. The maximum atomic E-state index is 12.6. The Morgan fingerprint density at radius 2 is 0.881 bits per heavy atom. The highest BCUT2D eigenvalue weighted by Gasteiger charge is 2.27. The lowest BCUT2D eigenvalue weighted by atomic mass is 10.0. The second-order valence-corrected chi connectivity index (χ2v) is 17.2. The molecule has 59 heavy (non-hydrogen) atoms. The summed E-state index contributed by atoms with van der Waals surface area (Å²) in [4.78, 5) is 35.1. The van der Waals surface area contributed by atoms with Crippen molar-refractivity contribution in [2.24, 2.45) is 0 Å². The molecule has 1 unspecified atom stereocenters. The van der Waals surface area contributed by atoms with E-state index in [4.69, 9.17) is 23.6 Å². The van der Waals surface area contributed by atoms with Crippen LogP contribution in [0.3, 0.4) is 0 Å². The molecule has 0 heterocycles. The van der Waals surface area contributed by atoms with Crippen LogP contribution >= 0.6 is 7.82 Å². The molecule has 0 spiro atoms. The third-order valence-corrected chi connectivity index (χ3v) is 10.9. The zero-order valence-electron chi connectivity index (χ0n) is 37.5. The number of aliphatic hydroxyl groups excluding tert-OH is 2. The SMILES string of the molecule is CCCCC/C=C\C/C=C\C/C=C\C/C=C\CCCCCC(=O)O[C@H](COC(=O)CCCCCCCCCCCCCCCCCCC)COP(=O)(O)OC[C@@H](O)CO. The maximum Gasteiger partial charge on any atom is 0.472 e. The number of unbranched alkanes of at least 4 members (excludes halogenated alkanes) is 22. The van der Waals surface area contributed by atoms with Crippen LogP contribution in [-0.2, 0) is 32.7 Å². The minimum absolute atomic E-state index is 0.147. The summed E-state index contributed by atoms with van der Waals surface area (Å²) in [5, 5.41) is 18.4. The molecule has 0 aromatic heterocycles. The minimum atomic E-state index is -4.63. The fraction of sp³-hybridized carbons (Fsp3) is 0.792. The topological polar surface area (TPSA) is 149 Å². The van der Waals surface area contributed by atoms with Gasteiger partial charge in [-0.1, -0.05) is 184 Å². The monoisotopic (exact) mass is 855 g/mol. The highest BCUT2D eigenvalue weighted by atomic mass is 31.2. The van der Waals surface area contributed by atoms with Crippen molar-refractivity contribution in [2.75, 3.05) is 26.4 Å². The quantitative estimate of drug-likeness (QED) is 0.0234. The molecule has 0 aliphatic rings. The van der Waals surface area contributed by atoms with E-state index in [0.717, 1.165) is 57.8 Å². The Hall–Kier alpha value is -2.07. The summed E-state index contributed by atoms with van der Waals surface area (Å²) in [5.41, 5.74) is 0. The van der Waals surface area contributed by atoms with Gasteiger partial charge in [-0.05, 0) is 57.8 Å². The zero-order chi connectivity index (χ0) is 43.3. The van der Waals surface area contributed by atoms with E-state index in [2.05, 4.69) is 62.5 Å². The molecule has 3 atom stereocenters. The summed E-state index contributed by atoms with van der Waals surface area (Å²) in [6.45, 7) is 2.34. The van der Waals surface area contributed by atoms with E-state index in [1.807, 2.05) is 0 Å². The highest BCUT2D eigenvalue weighted by molar-refractivity contribution is 7.47. The van der Waals surface area contributed by atoms with E-state index in [0.29, 0.717) is 12.8 Å². The van der Waals surface area contributed by atoms with Gasteiger partial charge in [0.05, 0.1) is 19.8 Å². The third kappa shape index (κ3) is 43.8. The Kier molecular flexibility index (Phi) is 42.5. The molecule has 0 aliphatic heterocycles. The molecule has 0 amide bonds. The fourth-order valence-electron chi connectivity index (χ4n) is 6.33. The number of carbonyl (C=O) groups is 2. The van der Waals surface area contributed by atoms with Crippen LogP contribution in [0.5, 0.6) is 0 Å². The predicted octanol–water partition coefficient (Wildman–Crippen LogP) is 12.9. The fourth-order valence-corrected chi connectivity index (χ4v) is 7.12. The number of ether oxygens (including phenoxy) is 2. The van der Waals surface area contributed by atoms with Crippen LogP contribution in [-0.4, -0.2) is 65.7 Å². The van der Waals surface area contributed by atoms with Crippen LogP contribution in [0.25, 0.3) is 0 Å². The van der Waals surface area contributed by atoms with Gasteiger partial charge in [0, 0.05) is 12.8 Å². The molecule has 0 aromatic rings. The van der Waals surface area contributed by atoms with Gasteiger partial charge < -0.3 is 24.6 Å². The summed E-state index contributed by atoms with van der Waals surface area (Å²) in [6.07, 6.45) is 47.9. The van der Waals surface area contributed by atoms with E-state index >= 15 is 0 Å². The molecule has 0 aromatic carbocycles. The first-order valence-corrected chi connectivity index (χ1v) is 25.1. The average molecular weight is 855 g/mol. The second kappa shape index (κ2) is 44.0. The first kappa shape index (κ1) is 56.9. The molecule has 10 nitrogen and oxygen atoms in total. The van der Waals surface area contributed by atoms with Crippen molar-refractivity contribution >= 4 is 19.8 Å². The Morgan fingerprint density at radius 1 is 0.508 bits per heavy atom. The molecule has 11 heteroatoms. The van der Waals surface area contributed by atoms with Crippen molar-refractivity contribution in [3.05, 3.63) is 48.6 Å². The van der Waals surface area contributed by atoms with E-state index < -0.39 is 51.8 Å². The second-order valence-electron chi connectivity index (χ2n) is 15.8. The molecule has 0 aliphatic carbocycles. The molecule has 344 valence electrons. The van der Waals surface area contributed by atoms with Crippen LogP contribution in [0.1, 0.15) is 206 Å². The van der Waals surface area contributed by atoms with Gasteiger partial charge in [0.2, 0.25) is 0 Å². The number of rotatable bonds is 44. The van der Waals surface area contributed by atoms with E-state index in [-0.39, 0.29) is 19.4 Å². The highest BCUT2D eigenvalue weighted by Crippen LogP contribution is 2.43. The maximum absolute atomic E-state index is 12.6. The van der Waals surface area contributed by atoms with Gasteiger partial charge in [0.25, 0.3) is 0 Å². The van der Waals surface area contributed by atoms with Gasteiger partial charge in [-0.25, -0.2) is 4.57 Å². The number of phosphoric acid groups is 1. The number of hydrogen-bond acceptors (Lipinski definition) is 9. The lowest BCUT2D eigenvalue weighted by Crippen LogP contribution is -2.29. The zero-order valence-corrected chi connectivity index (χ0v) is 38.4. The number of hydrogen-bond donors (Lipinski definition) is 3. The summed E-state index contributed by atoms with van der Waals surface area (Å²) in [5.74, 6) is -0.955. The molecule has 0 rings (SSSR count). The van der Waals surface area contributed by atoms with Gasteiger partial charge >= 0.3 is 19.8 Å². The van der Waals surface area contributed by atoms with Gasteiger partial charge in [-0.3, -0.25) is 18.6 Å². The lowest BCUT2D eigenvalue weighted by Gasteiger charge is -2.20. The van der Waals surface area contributed by atoms with E-state index in [1.165, 1.54) is 109 Å². The van der Waals surface area contributed by atoms with Crippen LogP contribution < -0.4 is 0 Å². The summed E-state index contributed by atoms with van der Waals surface area (Å²) < 4.78 is 32.8. The molecule has 0 bridgehead atoms. The summed E-state index contributed by atoms with van der Waals surface area (Å²) >= 11 is 0. The largest absolute Gasteiger partial charge is 0.472 e. The van der Waals surface area contributed by atoms with Gasteiger partial charge in [0.15, 0.2) is 6.10 Å². The first-order chi connectivity index (χ1) is 28.7. The smallest absolute Gasteiger partial charge is 0.462 e. The van der Waals surface area contributed by atoms with Crippen molar-refractivity contribution in [3.8, 4) is 0 Å². The first-order valence-electron chi connectivity index (χ1n) is 23.6. The molecular weight excluding hydrogens is 767 g/mol. The normalized spacial score (nSPS) is 14.2. The predicted molar refractivity (Wildman–Crippen MR) is 242 cm³/mol. The Bertz CT molecular complexity index is 1120. The Labute approximate surface area is 360 Å². The van der Waals surface area contributed by atoms with Crippen LogP contribution in [0.4, 0.5) is 0 Å². The summed E-state index contributed by atoms with van der Waals surface area (Å²) in [7, 11) is -4.63. The third-order valence-electron chi connectivity index (χ3n) is 9.99. The number of aliphatic hydroxyl groups is 2. The van der Waals surface area contributed by atoms with Gasteiger partial charge in [-0.15, -0.1) is 0 Å². The number of esters is 2. The van der Waals surface area contributed by atoms with Crippen LogP contribution in [0, 0.1) is 0 Å². The molecular formula is C48H87O10P. The van der Waals surface area contributed by atoms with Crippen molar-refractivity contribution < 1.29 is 47.8 Å². The van der Waals surface area contributed by atoms with E-state index in [1.54, 1.807) is 0 Å². The van der Waals surface area contributed by atoms with E-state index in [9.17, 15) is 24.2 Å². The average Bonchev–Trinajstić information content (AvgIpc) is 3.22. The van der Waals surface area contributed by atoms with Gasteiger partial charge in [-0.2, -0.15) is 0 Å². The van der Waals surface area contributed by atoms with Crippen LogP contribution in [0.15, 0.2) is 48.6 Å². The molecule has 0 saturated heterocycles. The van der Waals surface area contributed by atoms with Crippen LogP contribution in [0.2, 0.25) is 0 Å². The standard InChI is InChI=1S/C48H87O10P/c1-3-5-7-9-11-13-15-17-19-21-22-24-26-28-30-32-34-36-38-40-48(52)58-46(44-57-59(53,54)56-42-45(50)41-49)43-55-47(51)39-37-35-33-31-29-27-25-23-20-18-16-14-12-10-8-6-4-2/h11,13,17,19,22,24,28,30,45-46,49-50H,3-10,12,14-16,18,20-21,23,25-27,29,31-44H2,1-2H3,(H,53,54)/b13-11-,19-17-,24-22-,30-28-/t45-,46+/m0/s1. The molecule has 0 radical (unpaired) electrons. The van der Waals surface area contributed by atoms with Crippen molar-refractivity contribution in [2.45, 2.75) is 219 Å². The summed E-state index contributed by atoms with van der Waals surface area (Å²) in [6, 6.07) is 0. The van der Waals surface area contributed by atoms with Gasteiger partial charge in [0.1, 0.15) is 12.7 Å². The lowest BCUT2D eigenvalue weighted by molar-refractivity contribution is -0.161. The molecule has 0 saturated carbocycles.